The molecule has 1 rings (SSSR count). The van der Waals surface area contributed by atoms with Gasteiger partial charge in [0.25, 0.3) is 0 Å². The summed E-state index contributed by atoms with van der Waals surface area (Å²) >= 11 is 0. The Morgan fingerprint density at radius 1 is 1.21 bits per heavy atom. The lowest BCUT2D eigenvalue weighted by atomic mass is 10.1. The Balaban J connectivity index is 0.000000791. The zero-order chi connectivity index (χ0) is 11.1. The van der Waals surface area contributed by atoms with Crippen LogP contribution in [0.15, 0.2) is 12.1 Å². The molecule has 0 heterocycles. The molecule has 0 radical (unpaired) electrons. The molecule has 3 heteroatoms. The maximum atomic E-state index is 12.6. The summed E-state index contributed by atoms with van der Waals surface area (Å²) in [5, 5.41) is 8.89. The fourth-order valence-electron chi connectivity index (χ4n) is 1.06. The first-order valence-electron chi connectivity index (χ1n) is 4.82. The molecule has 1 aromatic rings. The van der Waals surface area contributed by atoms with Crippen LogP contribution < -0.4 is 0 Å². The second-order valence-corrected chi connectivity index (χ2v) is 2.66. The van der Waals surface area contributed by atoms with Gasteiger partial charge in [0.05, 0.1) is 0 Å². The van der Waals surface area contributed by atoms with Crippen LogP contribution in [0.1, 0.15) is 32.8 Å². The summed E-state index contributed by atoms with van der Waals surface area (Å²) < 4.78 is 25.2. The summed E-state index contributed by atoms with van der Waals surface area (Å²) in [6.07, 6.45) is 1.48. The molecule has 0 spiro atoms. The van der Waals surface area contributed by atoms with Crippen molar-refractivity contribution in [3.8, 4) is 5.75 Å². The average Bonchev–Trinajstić information content (AvgIpc) is 2.18. The number of hydrogen-bond donors (Lipinski definition) is 1. The second kappa shape index (κ2) is 6.35. The molecular weight excluding hydrogens is 186 g/mol. The van der Waals surface area contributed by atoms with E-state index in [4.69, 9.17) is 5.11 Å². The molecule has 1 aromatic carbocycles. The lowest BCUT2D eigenvalue weighted by molar-refractivity contribution is 0.405. The number of benzene rings is 1. The number of phenols is 1. The van der Waals surface area contributed by atoms with E-state index in [-0.39, 0.29) is 0 Å². The van der Waals surface area contributed by atoms with Crippen molar-refractivity contribution in [2.24, 2.45) is 0 Å². The van der Waals surface area contributed by atoms with E-state index in [9.17, 15) is 8.78 Å². The van der Waals surface area contributed by atoms with Gasteiger partial charge in [-0.15, -0.1) is 0 Å². The highest BCUT2D eigenvalue weighted by Gasteiger charge is 2.08. The predicted octanol–water partition coefficient (Wildman–Crippen LogP) is 3.65. The highest BCUT2D eigenvalue weighted by Crippen LogP contribution is 2.21. The van der Waals surface area contributed by atoms with Gasteiger partial charge in [0, 0.05) is 0 Å². The standard InChI is InChI=1S/C9H10F2O.C2H6/c1-2-3-6-4-7(10)9(11)8(12)5-6;1-2/h4-5,12H,2-3H2,1H3;1-2H3. The van der Waals surface area contributed by atoms with E-state index >= 15 is 0 Å². The topological polar surface area (TPSA) is 20.2 Å². The Morgan fingerprint density at radius 2 is 1.79 bits per heavy atom. The van der Waals surface area contributed by atoms with Gasteiger partial charge in [0.1, 0.15) is 0 Å². The zero-order valence-corrected chi connectivity index (χ0v) is 8.77. The van der Waals surface area contributed by atoms with Gasteiger partial charge in [-0.3, -0.25) is 0 Å². The molecule has 0 bridgehead atoms. The molecule has 0 amide bonds. The smallest absolute Gasteiger partial charge is 0.200 e. The lowest BCUT2D eigenvalue weighted by Gasteiger charge is -2.01. The van der Waals surface area contributed by atoms with E-state index in [2.05, 4.69) is 0 Å². The number of hydrogen-bond acceptors (Lipinski definition) is 1. The molecule has 0 saturated carbocycles. The highest BCUT2D eigenvalue weighted by molar-refractivity contribution is 5.30. The number of halogens is 2. The second-order valence-electron chi connectivity index (χ2n) is 2.66. The molecule has 0 aliphatic heterocycles. The molecule has 1 N–H and O–H groups in total. The molecule has 0 fully saturated rings. The maximum absolute atomic E-state index is 12.6. The molecule has 0 aromatic heterocycles. The summed E-state index contributed by atoms with van der Waals surface area (Å²) in [4.78, 5) is 0. The minimum Gasteiger partial charge on any atom is -0.505 e. The third-order valence-corrected chi connectivity index (χ3v) is 1.61. The fraction of sp³-hybridized carbons (Fsp3) is 0.455. The van der Waals surface area contributed by atoms with Crippen LogP contribution in [-0.2, 0) is 6.42 Å². The van der Waals surface area contributed by atoms with Crippen molar-refractivity contribution in [2.45, 2.75) is 33.6 Å². The Hall–Kier alpha value is -1.12. The third kappa shape index (κ3) is 3.32. The van der Waals surface area contributed by atoms with E-state index in [0.29, 0.717) is 12.0 Å². The molecule has 80 valence electrons. The fourth-order valence-corrected chi connectivity index (χ4v) is 1.06. The van der Waals surface area contributed by atoms with Crippen LogP contribution >= 0.6 is 0 Å². The molecule has 0 aliphatic rings. The van der Waals surface area contributed by atoms with Crippen molar-refractivity contribution in [3.05, 3.63) is 29.3 Å². The summed E-state index contributed by atoms with van der Waals surface area (Å²) in [5.41, 5.74) is 0.619. The monoisotopic (exact) mass is 202 g/mol. The van der Waals surface area contributed by atoms with Crippen molar-refractivity contribution in [1.82, 2.24) is 0 Å². The van der Waals surface area contributed by atoms with Crippen LogP contribution in [0.2, 0.25) is 0 Å². The van der Waals surface area contributed by atoms with Crippen molar-refractivity contribution in [3.63, 3.8) is 0 Å². The first kappa shape index (κ1) is 12.9. The van der Waals surface area contributed by atoms with Crippen LogP contribution in [0, 0.1) is 11.6 Å². The van der Waals surface area contributed by atoms with E-state index in [1.54, 1.807) is 0 Å². The van der Waals surface area contributed by atoms with Gasteiger partial charge in [-0.25, -0.2) is 4.39 Å². The maximum Gasteiger partial charge on any atom is 0.200 e. The Bertz CT molecular complexity index is 262. The summed E-state index contributed by atoms with van der Waals surface area (Å²) in [5.74, 6) is -2.77. The van der Waals surface area contributed by atoms with Gasteiger partial charge in [-0.1, -0.05) is 27.2 Å². The molecule has 0 unspecified atom stereocenters. The summed E-state index contributed by atoms with van der Waals surface area (Å²) in [6.45, 7) is 5.93. The molecule has 14 heavy (non-hydrogen) atoms. The van der Waals surface area contributed by atoms with Gasteiger partial charge >= 0.3 is 0 Å². The molecular formula is C11H16F2O. The summed E-state index contributed by atoms with van der Waals surface area (Å²) in [7, 11) is 0. The normalized spacial score (nSPS) is 9.21. The Labute approximate surface area is 83.4 Å². The zero-order valence-electron chi connectivity index (χ0n) is 8.77. The van der Waals surface area contributed by atoms with Gasteiger partial charge in [0.2, 0.25) is 0 Å². The van der Waals surface area contributed by atoms with Crippen LogP contribution in [0.4, 0.5) is 8.78 Å². The highest BCUT2D eigenvalue weighted by atomic mass is 19.2. The quantitative estimate of drug-likeness (QED) is 0.776. The lowest BCUT2D eigenvalue weighted by Crippen LogP contribution is -1.90. The van der Waals surface area contributed by atoms with Crippen molar-refractivity contribution in [2.75, 3.05) is 0 Å². The number of aromatic hydroxyl groups is 1. The molecule has 0 atom stereocenters. The van der Waals surface area contributed by atoms with Crippen LogP contribution in [0.5, 0.6) is 5.75 Å². The first-order chi connectivity index (χ1) is 6.65. The minimum atomic E-state index is -1.17. The molecule has 1 nitrogen and oxygen atoms in total. The number of rotatable bonds is 2. The molecule has 0 saturated heterocycles. The van der Waals surface area contributed by atoms with Gasteiger partial charge in [-0.2, -0.15) is 4.39 Å². The molecule has 0 aliphatic carbocycles. The predicted molar refractivity (Wildman–Crippen MR) is 53.4 cm³/mol. The van der Waals surface area contributed by atoms with Crippen LogP contribution in [0.3, 0.4) is 0 Å². The van der Waals surface area contributed by atoms with Gasteiger partial charge < -0.3 is 5.11 Å². The SMILES string of the molecule is CC.CCCc1cc(O)c(F)c(F)c1. The largest absolute Gasteiger partial charge is 0.505 e. The van der Waals surface area contributed by atoms with Crippen LogP contribution in [-0.4, -0.2) is 5.11 Å². The average molecular weight is 202 g/mol. The minimum absolute atomic E-state index is 0.613. The Kier molecular flexibility index (Phi) is 5.84. The number of phenolic OH excluding ortho intramolecular Hbond substituents is 1. The third-order valence-electron chi connectivity index (χ3n) is 1.61. The van der Waals surface area contributed by atoms with Crippen molar-refractivity contribution >= 4 is 0 Å². The van der Waals surface area contributed by atoms with Crippen LogP contribution in [0.25, 0.3) is 0 Å². The van der Waals surface area contributed by atoms with Gasteiger partial charge in [0.15, 0.2) is 17.4 Å². The van der Waals surface area contributed by atoms with E-state index in [1.165, 1.54) is 6.07 Å². The van der Waals surface area contributed by atoms with E-state index < -0.39 is 17.4 Å². The van der Waals surface area contributed by atoms with Crippen molar-refractivity contribution < 1.29 is 13.9 Å². The van der Waals surface area contributed by atoms with E-state index in [0.717, 1.165) is 12.5 Å². The Morgan fingerprint density at radius 3 is 2.21 bits per heavy atom. The van der Waals surface area contributed by atoms with E-state index in [1.807, 2.05) is 20.8 Å². The van der Waals surface area contributed by atoms with Gasteiger partial charge in [-0.05, 0) is 24.1 Å². The summed E-state index contributed by atoms with van der Waals surface area (Å²) in [6, 6.07) is 2.36. The van der Waals surface area contributed by atoms with Crippen molar-refractivity contribution in [1.29, 1.82) is 0 Å². The number of aryl methyl sites for hydroxylation is 1. The first-order valence-corrected chi connectivity index (χ1v) is 4.82.